The number of ether oxygens (including phenoxy) is 1. The molecule has 3 rings (SSSR count). The third-order valence-corrected chi connectivity index (χ3v) is 4.32. The molecule has 0 bridgehead atoms. The summed E-state index contributed by atoms with van der Waals surface area (Å²) < 4.78 is 6.74. The fraction of sp³-hybridized carbons (Fsp3) is 0.200. The highest BCUT2D eigenvalue weighted by atomic mass is 16.5. The van der Waals surface area contributed by atoms with E-state index in [9.17, 15) is 9.59 Å². The molecular weight excluding hydrogens is 316 g/mol. The van der Waals surface area contributed by atoms with Crippen LogP contribution in [0.4, 0.5) is 5.69 Å². The highest BCUT2D eigenvalue weighted by molar-refractivity contribution is 6.15. The lowest BCUT2D eigenvalue weighted by Gasteiger charge is -2.11. The molecule has 5 heteroatoms. The van der Waals surface area contributed by atoms with E-state index in [1.165, 1.54) is 11.5 Å². The van der Waals surface area contributed by atoms with E-state index < -0.39 is 0 Å². The number of para-hydroxylation sites is 1. The maximum atomic E-state index is 12.9. The minimum atomic E-state index is -0.254. The molecule has 0 atom stereocenters. The number of aromatic nitrogens is 1. The van der Waals surface area contributed by atoms with Gasteiger partial charge in [0, 0.05) is 24.2 Å². The number of nitrogens with one attached hydrogen (secondary N) is 1. The Hall–Kier alpha value is -3.08. The molecule has 5 nitrogen and oxygen atoms in total. The van der Waals surface area contributed by atoms with Crippen molar-refractivity contribution in [3.05, 3.63) is 59.3 Å². The molecule has 1 amide bonds. The fourth-order valence-corrected chi connectivity index (χ4v) is 2.97. The number of rotatable bonds is 3. The van der Waals surface area contributed by atoms with Gasteiger partial charge in [-0.15, -0.1) is 0 Å². The number of nitrogens with zero attached hydrogens (tertiary/aromatic N) is 1. The second-order valence-corrected chi connectivity index (χ2v) is 6.04. The summed E-state index contributed by atoms with van der Waals surface area (Å²) in [6, 6.07) is 11.2. The Balaban J connectivity index is 2.11. The Morgan fingerprint density at radius 3 is 2.36 bits per heavy atom. The maximum Gasteiger partial charge on any atom is 0.257 e. The molecule has 128 valence electrons. The Morgan fingerprint density at radius 1 is 1.08 bits per heavy atom. The number of benzene rings is 2. The van der Waals surface area contributed by atoms with E-state index in [2.05, 4.69) is 5.32 Å². The lowest BCUT2D eigenvalue weighted by molar-refractivity contribution is 0.0941. The van der Waals surface area contributed by atoms with Crippen molar-refractivity contribution < 1.29 is 14.3 Å². The van der Waals surface area contributed by atoms with Crippen molar-refractivity contribution in [1.29, 1.82) is 0 Å². The number of carbonyl (C=O) groups excluding carboxylic acids is 2. The lowest BCUT2D eigenvalue weighted by atomic mass is 10.1. The standard InChI is InChI=1S/C20H20N2O3/c1-12-6-5-7-13(2)19(12)21-20(24)17-11-22(14(3)23)18-9-8-15(25-4)10-16(17)18/h5-11H,1-4H3,(H,21,24). The monoisotopic (exact) mass is 336 g/mol. The first-order valence-electron chi connectivity index (χ1n) is 8.00. The van der Waals surface area contributed by atoms with Gasteiger partial charge in [0.1, 0.15) is 5.75 Å². The molecule has 1 heterocycles. The van der Waals surface area contributed by atoms with E-state index in [1.807, 2.05) is 32.0 Å². The van der Waals surface area contributed by atoms with Gasteiger partial charge in [0.2, 0.25) is 5.91 Å². The normalized spacial score (nSPS) is 10.7. The summed E-state index contributed by atoms with van der Waals surface area (Å²) in [5.41, 5.74) is 3.88. The largest absolute Gasteiger partial charge is 0.497 e. The summed E-state index contributed by atoms with van der Waals surface area (Å²) >= 11 is 0. The second kappa shape index (κ2) is 6.43. The first-order valence-corrected chi connectivity index (χ1v) is 8.00. The van der Waals surface area contributed by atoms with E-state index in [4.69, 9.17) is 4.74 Å². The summed E-state index contributed by atoms with van der Waals surface area (Å²) in [7, 11) is 1.57. The number of aryl methyl sites for hydroxylation is 2. The number of anilines is 1. The van der Waals surface area contributed by atoms with E-state index in [-0.39, 0.29) is 11.8 Å². The fourth-order valence-electron chi connectivity index (χ4n) is 2.97. The quantitative estimate of drug-likeness (QED) is 0.780. The zero-order chi connectivity index (χ0) is 18.1. The number of amides is 1. The third kappa shape index (κ3) is 3.01. The van der Waals surface area contributed by atoms with Crippen LogP contribution in [0, 0.1) is 13.8 Å². The van der Waals surface area contributed by atoms with Gasteiger partial charge in [0.05, 0.1) is 18.2 Å². The SMILES string of the molecule is COc1ccc2c(c1)c(C(=O)Nc1c(C)cccc1C)cn2C(C)=O. The predicted octanol–water partition coefficient (Wildman–Crippen LogP) is 4.18. The zero-order valence-corrected chi connectivity index (χ0v) is 14.7. The predicted molar refractivity (Wildman–Crippen MR) is 98.7 cm³/mol. The first-order chi connectivity index (χ1) is 11.9. The van der Waals surface area contributed by atoms with Crippen molar-refractivity contribution in [3.63, 3.8) is 0 Å². The molecule has 0 fully saturated rings. The average Bonchev–Trinajstić information content (AvgIpc) is 2.97. The van der Waals surface area contributed by atoms with Gasteiger partial charge < -0.3 is 10.1 Å². The molecule has 0 aliphatic heterocycles. The van der Waals surface area contributed by atoms with Gasteiger partial charge in [0.25, 0.3) is 5.91 Å². The molecule has 0 saturated heterocycles. The molecule has 0 aliphatic carbocycles. The Morgan fingerprint density at radius 2 is 1.76 bits per heavy atom. The smallest absolute Gasteiger partial charge is 0.257 e. The highest BCUT2D eigenvalue weighted by Gasteiger charge is 2.18. The molecule has 1 aromatic heterocycles. The molecule has 2 aromatic carbocycles. The van der Waals surface area contributed by atoms with E-state index in [0.717, 1.165) is 16.8 Å². The van der Waals surface area contributed by atoms with Crippen LogP contribution in [-0.2, 0) is 0 Å². The number of methoxy groups -OCH3 is 1. The molecule has 3 aromatic rings. The van der Waals surface area contributed by atoms with Crippen LogP contribution < -0.4 is 10.1 Å². The average molecular weight is 336 g/mol. The van der Waals surface area contributed by atoms with Crippen molar-refractivity contribution in [2.75, 3.05) is 12.4 Å². The molecule has 0 spiro atoms. The minimum Gasteiger partial charge on any atom is -0.497 e. The van der Waals surface area contributed by atoms with Crippen molar-refractivity contribution in [2.24, 2.45) is 0 Å². The number of fused-ring (bicyclic) bond motifs is 1. The third-order valence-electron chi connectivity index (χ3n) is 4.32. The van der Waals surface area contributed by atoms with Gasteiger partial charge in [-0.1, -0.05) is 18.2 Å². The van der Waals surface area contributed by atoms with Crippen LogP contribution in [0.2, 0.25) is 0 Å². The van der Waals surface area contributed by atoms with Crippen molar-refractivity contribution in [1.82, 2.24) is 4.57 Å². The lowest BCUT2D eigenvalue weighted by Crippen LogP contribution is -2.13. The van der Waals surface area contributed by atoms with E-state index >= 15 is 0 Å². The van der Waals surface area contributed by atoms with Crippen LogP contribution in [0.15, 0.2) is 42.6 Å². The molecule has 25 heavy (non-hydrogen) atoms. The van der Waals surface area contributed by atoms with Crippen LogP contribution >= 0.6 is 0 Å². The highest BCUT2D eigenvalue weighted by Crippen LogP contribution is 2.28. The van der Waals surface area contributed by atoms with Crippen molar-refractivity contribution in [3.8, 4) is 5.75 Å². The minimum absolute atomic E-state index is 0.152. The summed E-state index contributed by atoms with van der Waals surface area (Å²) in [5.74, 6) is 0.229. The van der Waals surface area contributed by atoms with Gasteiger partial charge in [-0.05, 0) is 43.2 Å². The number of carbonyl (C=O) groups is 2. The molecule has 0 unspecified atom stereocenters. The molecular formula is C20H20N2O3. The summed E-state index contributed by atoms with van der Waals surface area (Å²) in [6.07, 6.45) is 1.58. The van der Waals surface area contributed by atoms with Crippen molar-refractivity contribution in [2.45, 2.75) is 20.8 Å². The second-order valence-electron chi connectivity index (χ2n) is 6.04. The van der Waals surface area contributed by atoms with Gasteiger partial charge in [-0.25, -0.2) is 0 Å². The van der Waals surface area contributed by atoms with Crippen LogP contribution in [0.1, 0.15) is 33.2 Å². The van der Waals surface area contributed by atoms with Gasteiger partial charge in [-0.3, -0.25) is 14.2 Å². The Kier molecular flexibility index (Phi) is 4.31. The summed E-state index contributed by atoms with van der Waals surface area (Å²) in [4.78, 5) is 24.8. The zero-order valence-electron chi connectivity index (χ0n) is 14.7. The summed E-state index contributed by atoms with van der Waals surface area (Å²) in [6.45, 7) is 5.37. The van der Waals surface area contributed by atoms with Crippen molar-refractivity contribution >= 4 is 28.4 Å². The summed E-state index contributed by atoms with van der Waals surface area (Å²) in [5, 5.41) is 3.65. The van der Waals surface area contributed by atoms with Crippen LogP contribution in [0.5, 0.6) is 5.75 Å². The number of hydrogen-bond donors (Lipinski definition) is 1. The van der Waals surface area contributed by atoms with E-state index in [0.29, 0.717) is 22.2 Å². The first kappa shape index (κ1) is 16.8. The molecule has 0 aliphatic rings. The van der Waals surface area contributed by atoms with Crippen LogP contribution in [0.3, 0.4) is 0 Å². The van der Waals surface area contributed by atoms with Crippen LogP contribution in [0.25, 0.3) is 10.9 Å². The van der Waals surface area contributed by atoms with E-state index in [1.54, 1.807) is 31.5 Å². The Labute approximate surface area is 146 Å². The topological polar surface area (TPSA) is 60.3 Å². The van der Waals surface area contributed by atoms with Gasteiger partial charge in [0.15, 0.2) is 0 Å². The Bertz CT molecular complexity index is 966. The molecule has 0 radical (unpaired) electrons. The number of hydrogen-bond acceptors (Lipinski definition) is 3. The molecule has 1 N–H and O–H groups in total. The molecule has 0 saturated carbocycles. The van der Waals surface area contributed by atoms with Gasteiger partial charge in [-0.2, -0.15) is 0 Å². The maximum absolute atomic E-state index is 12.9. The van der Waals surface area contributed by atoms with Crippen LogP contribution in [-0.4, -0.2) is 23.5 Å². The van der Waals surface area contributed by atoms with Gasteiger partial charge >= 0.3 is 0 Å².